The Balaban J connectivity index is 2.16. The Morgan fingerprint density at radius 3 is 3.25 bits per heavy atom. The van der Waals surface area contributed by atoms with Gasteiger partial charge in [-0.15, -0.1) is 6.58 Å². The third-order valence-electron chi connectivity index (χ3n) is 2.11. The zero-order valence-electron chi connectivity index (χ0n) is 9.87. The molecule has 1 aromatic rings. The van der Waals surface area contributed by atoms with Crippen molar-refractivity contribution in [3.05, 3.63) is 30.2 Å². The monoisotopic (exact) mass is 224 g/mol. The predicted molar refractivity (Wildman–Crippen MR) is 63.0 cm³/mol. The highest BCUT2D eigenvalue weighted by molar-refractivity contribution is 5.04. The van der Waals surface area contributed by atoms with Gasteiger partial charge in [0.15, 0.2) is 5.76 Å². The Morgan fingerprint density at radius 1 is 1.62 bits per heavy atom. The summed E-state index contributed by atoms with van der Waals surface area (Å²) in [5.74, 6) is 0.784. The Bertz CT molecular complexity index is 297. The molecule has 0 aliphatic carbocycles. The van der Waals surface area contributed by atoms with Crippen LogP contribution >= 0.6 is 0 Å². The standard InChI is InChI=1S/C12H20N2O2/c1-3-5-6-7-15-10-12-8-11(14-16-12)9-13-4-2/h3,8,13H,1,4-7,9-10H2,2H3. The number of hydrogen-bond acceptors (Lipinski definition) is 4. The molecule has 0 saturated heterocycles. The molecule has 1 N–H and O–H groups in total. The molecule has 0 aromatic carbocycles. The zero-order valence-corrected chi connectivity index (χ0v) is 9.87. The summed E-state index contributed by atoms with van der Waals surface area (Å²) in [5.41, 5.74) is 0.923. The van der Waals surface area contributed by atoms with Gasteiger partial charge in [-0.3, -0.25) is 0 Å². The van der Waals surface area contributed by atoms with Crippen molar-refractivity contribution < 1.29 is 9.26 Å². The minimum Gasteiger partial charge on any atom is -0.373 e. The van der Waals surface area contributed by atoms with Gasteiger partial charge in [-0.1, -0.05) is 18.2 Å². The van der Waals surface area contributed by atoms with Crippen LogP contribution in [0, 0.1) is 0 Å². The maximum Gasteiger partial charge on any atom is 0.162 e. The van der Waals surface area contributed by atoms with Crippen LogP contribution in [0.4, 0.5) is 0 Å². The molecule has 0 atom stereocenters. The van der Waals surface area contributed by atoms with E-state index in [9.17, 15) is 0 Å². The van der Waals surface area contributed by atoms with Crippen LogP contribution in [0.15, 0.2) is 23.2 Å². The second-order valence-corrected chi connectivity index (χ2v) is 3.55. The van der Waals surface area contributed by atoms with Gasteiger partial charge in [0.1, 0.15) is 6.61 Å². The first-order valence-electron chi connectivity index (χ1n) is 5.70. The number of nitrogens with zero attached hydrogens (tertiary/aromatic N) is 1. The molecule has 0 radical (unpaired) electrons. The molecule has 1 heterocycles. The lowest BCUT2D eigenvalue weighted by Crippen LogP contribution is -2.11. The van der Waals surface area contributed by atoms with Crippen LogP contribution in [0.2, 0.25) is 0 Å². The number of hydrogen-bond donors (Lipinski definition) is 1. The molecule has 0 spiro atoms. The topological polar surface area (TPSA) is 47.3 Å². The predicted octanol–water partition coefficient (Wildman–Crippen LogP) is 2.27. The largest absolute Gasteiger partial charge is 0.373 e. The summed E-state index contributed by atoms with van der Waals surface area (Å²) in [6, 6.07) is 1.93. The average Bonchev–Trinajstić information content (AvgIpc) is 2.74. The van der Waals surface area contributed by atoms with Gasteiger partial charge in [-0.2, -0.15) is 0 Å². The van der Waals surface area contributed by atoms with E-state index in [1.54, 1.807) is 0 Å². The van der Waals surface area contributed by atoms with Crippen molar-refractivity contribution in [3.8, 4) is 0 Å². The van der Waals surface area contributed by atoms with Crippen molar-refractivity contribution in [1.82, 2.24) is 10.5 Å². The number of unbranched alkanes of at least 4 members (excludes halogenated alkanes) is 1. The van der Waals surface area contributed by atoms with E-state index in [1.165, 1.54) is 0 Å². The van der Waals surface area contributed by atoms with E-state index >= 15 is 0 Å². The van der Waals surface area contributed by atoms with E-state index in [4.69, 9.17) is 9.26 Å². The molecule has 0 unspecified atom stereocenters. The number of allylic oxidation sites excluding steroid dienone is 1. The van der Waals surface area contributed by atoms with E-state index in [-0.39, 0.29) is 0 Å². The van der Waals surface area contributed by atoms with E-state index in [2.05, 4.69) is 24.0 Å². The number of aromatic nitrogens is 1. The zero-order chi connectivity index (χ0) is 11.6. The highest BCUT2D eigenvalue weighted by Crippen LogP contribution is 2.05. The van der Waals surface area contributed by atoms with Crippen LogP contribution in [0.1, 0.15) is 31.2 Å². The number of rotatable bonds is 9. The molecule has 0 aliphatic rings. The second kappa shape index (κ2) is 8.07. The smallest absolute Gasteiger partial charge is 0.162 e. The Hall–Kier alpha value is -1.13. The van der Waals surface area contributed by atoms with Crippen molar-refractivity contribution in [3.63, 3.8) is 0 Å². The summed E-state index contributed by atoms with van der Waals surface area (Å²) in [6.45, 7) is 8.62. The Morgan fingerprint density at radius 2 is 2.50 bits per heavy atom. The van der Waals surface area contributed by atoms with Gasteiger partial charge in [-0.25, -0.2) is 0 Å². The van der Waals surface area contributed by atoms with Crippen LogP contribution in [-0.2, 0) is 17.9 Å². The van der Waals surface area contributed by atoms with Crippen molar-refractivity contribution in [2.24, 2.45) is 0 Å². The minimum absolute atomic E-state index is 0.496. The number of ether oxygens (including phenoxy) is 1. The molecule has 90 valence electrons. The third-order valence-corrected chi connectivity index (χ3v) is 2.11. The molecule has 0 bridgehead atoms. The molecule has 16 heavy (non-hydrogen) atoms. The van der Waals surface area contributed by atoms with Crippen molar-refractivity contribution in [1.29, 1.82) is 0 Å². The van der Waals surface area contributed by atoms with Crippen LogP contribution < -0.4 is 5.32 Å². The molecule has 1 aromatic heterocycles. The highest BCUT2D eigenvalue weighted by atomic mass is 16.5. The fraction of sp³-hybridized carbons (Fsp3) is 0.583. The lowest BCUT2D eigenvalue weighted by Gasteiger charge is -1.98. The van der Waals surface area contributed by atoms with Gasteiger partial charge in [-0.05, 0) is 19.4 Å². The van der Waals surface area contributed by atoms with Crippen LogP contribution in [0.3, 0.4) is 0 Å². The van der Waals surface area contributed by atoms with Gasteiger partial charge >= 0.3 is 0 Å². The summed E-state index contributed by atoms with van der Waals surface area (Å²) in [4.78, 5) is 0. The SMILES string of the molecule is C=CCCCOCc1cc(CNCC)no1. The normalized spacial score (nSPS) is 10.6. The first-order chi connectivity index (χ1) is 7.86. The molecule has 0 aliphatic heterocycles. The summed E-state index contributed by atoms with van der Waals surface area (Å²) in [7, 11) is 0. The van der Waals surface area contributed by atoms with E-state index < -0.39 is 0 Å². The molecular formula is C12H20N2O2. The van der Waals surface area contributed by atoms with E-state index in [0.717, 1.165) is 44.0 Å². The molecular weight excluding hydrogens is 204 g/mol. The van der Waals surface area contributed by atoms with Gasteiger partial charge in [0.2, 0.25) is 0 Å². The summed E-state index contributed by atoms with van der Waals surface area (Å²) >= 11 is 0. The fourth-order valence-electron chi connectivity index (χ4n) is 1.26. The number of nitrogens with one attached hydrogen (secondary N) is 1. The molecule has 4 nitrogen and oxygen atoms in total. The van der Waals surface area contributed by atoms with Crippen LogP contribution in [-0.4, -0.2) is 18.3 Å². The first-order valence-corrected chi connectivity index (χ1v) is 5.70. The van der Waals surface area contributed by atoms with E-state index in [0.29, 0.717) is 6.61 Å². The summed E-state index contributed by atoms with van der Waals surface area (Å²) in [5, 5.41) is 7.12. The molecule has 0 fully saturated rings. The maximum absolute atomic E-state index is 5.44. The minimum atomic E-state index is 0.496. The van der Waals surface area contributed by atoms with Crippen LogP contribution in [0.5, 0.6) is 0 Å². The third kappa shape index (κ3) is 5.09. The van der Waals surface area contributed by atoms with E-state index in [1.807, 2.05) is 12.1 Å². The lowest BCUT2D eigenvalue weighted by molar-refractivity contribution is 0.0995. The van der Waals surface area contributed by atoms with Gasteiger partial charge in [0.05, 0.1) is 5.69 Å². The summed E-state index contributed by atoms with van der Waals surface area (Å²) in [6.07, 6.45) is 3.89. The average molecular weight is 224 g/mol. The van der Waals surface area contributed by atoms with Gasteiger partial charge in [0, 0.05) is 19.2 Å². The molecule has 0 amide bonds. The van der Waals surface area contributed by atoms with Gasteiger partial charge < -0.3 is 14.6 Å². The first kappa shape index (κ1) is 12.9. The molecule has 1 rings (SSSR count). The maximum atomic E-state index is 5.44. The molecule has 4 heteroatoms. The second-order valence-electron chi connectivity index (χ2n) is 3.55. The summed E-state index contributed by atoms with van der Waals surface area (Å²) < 4.78 is 10.6. The van der Waals surface area contributed by atoms with Crippen molar-refractivity contribution in [2.75, 3.05) is 13.2 Å². The van der Waals surface area contributed by atoms with Crippen molar-refractivity contribution in [2.45, 2.75) is 32.9 Å². The fourth-order valence-corrected chi connectivity index (χ4v) is 1.26. The van der Waals surface area contributed by atoms with Crippen molar-refractivity contribution >= 4 is 0 Å². The van der Waals surface area contributed by atoms with Gasteiger partial charge in [0.25, 0.3) is 0 Å². The Kier molecular flexibility index (Phi) is 6.53. The molecule has 0 saturated carbocycles. The lowest BCUT2D eigenvalue weighted by atomic mass is 10.3. The Labute approximate surface area is 96.7 Å². The van der Waals surface area contributed by atoms with Crippen LogP contribution in [0.25, 0.3) is 0 Å². The highest BCUT2D eigenvalue weighted by Gasteiger charge is 2.03. The quantitative estimate of drug-likeness (QED) is 0.516.